The number of aliphatic hydroxyl groups excluding tert-OH is 1. The van der Waals surface area contributed by atoms with Crippen LogP contribution in [0.5, 0.6) is 0 Å². The first-order chi connectivity index (χ1) is 18.2. The van der Waals surface area contributed by atoms with Gasteiger partial charge in [-0.25, -0.2) is 4.98 Å². The number of halogens is 1. The van der Waals surface area contributed by atoms with E-state index in [1.807, 2.05) is 30.3 Å². The molecule has 1 amide bonds. The van der Waals surface area contributed by atoms with Crippen LogP contribution in [-0.2, 0) is 9.53 Å². The first-order valence-corrected chi connectivity index (χ1v) is 13.9. The number of nitrogens with zero attached hydrogens (tertiary/aromatic N) is 3. The summed E-state index contributed by atoms with van der Waals surface area (Å²) in [6.07, 6.45) is 5.04. The molecule has 0 bridgehead atoms. The van der Waals surface area contributed by atoms with E-state index in [-0.39, 0.29) is 28.7 Å². The van der Waals surface area contributed by atoms with E-state index in [1.54, 1.807) is 12.4 Å². The van der Waals surface area contributed by atoms with Crippen LogP contribution in [-0.4, -0.2) is 63.8 Å². The molecule has 2 saturated heterocycles. The minimum Gasteiger partial charge on any atom is -0.389 e. The number of nitrogens with one attached hydrogen (secondary N) is 1. The van der Waals surface area contributed by atoms with Crippen molar-refractivity contribution >= 4 is 34.1 Å². The smallest absolute Gasteiger partial charge is 0.229 e. The molecule has 0 radical (unpaired) electrons. The molecule has 1 aliphatic carbocycles. The van der Waals surface area contributed by atoms with Crippen LogP contribution in [0.25, 0.3) is 10.8 Å². The summed E-state index contributed by atoms with van der Waals surface area (Å²) in [7, 11) is 0. The van der Waals surface area contributed by atoms with Crippen LogP contribution < -0.4 is 5.32 Å². The number of anilines is 1. The van der Waals surface area contributed by atoms with Crippen molar-refractivity contribution in [3.05, 3.63) is 65.1 Å². The summed E-state index contributed by atoms with van der Waals surface area (Å²) < 4.78 is 5.55. The van der Waals surface area contributed by atoms with Gasteiger partial charge in [-0.3, -0.25) is 14.7 Å². The topological polar surface area (TPSA) is 87.6 Å². The SMILES string of the molecule is CC1(C)[C@H](C(=O)Nc2cc3cc(C4CCN([C@@]5(C)COC[C@H]5O)CC4)c(Cl)cc3cn2)[C@H]1c1ccccn1. The lowest BCUT2D eigenvalue weighted by atomic mass is 9.85. The van der Waals surface area contributed by atoms with Crippen molar-refractivity contribution in [2.45, 2.75) is 57.1 Å². The van der Waals surface area contributed by atoms with Gasteiger partial charge in [-0.2, -0.15) is 0 Å². The molecule has 4 heterocycles. The van der Waals surface area contributed by atoms with Crippen molar-refractivity contribution in [1.82, 2.24) is 14.9 Å². The Morgan fingerprint density at radius 1 is 1.13 bits per heavy atom. The normalized spacial score (nSPS) is 29.4. The highest BCUT2D eigenvalue weighted by Crippen LogP contribution is 2.64. The highest BCUT2D eigenvalue weighted by atomic mass is 35.5. The number of likely N-dealkylation sites (tertiary alicyclic amines) is 1. The maximum atomic E-state index is 13.2. The predicted molar refractivity (Wildman–Crippen MR) is 148 cm³/mol. The van der Waals surface area contributed by atoms with Crippen molar-refractivity contribution in [3.8, 4) is 0 Å². The molecule has 1 aromatic carbocycles. The molecule has 1 saturated carbocycles. The average molecular weight is 535 g/mol. The van der Waals surface area contributed by atoms with Crippen molar-refractivity contribution in [2.75, 3.05) is 31.6 Å². The van der Waals surface area contributed by atoms with E-state index in [1.165, 1.54) is 0 Å². The number of carbonyl (C=O) groups excluding carboxylic acids is 1. The molecule has 38 heavy (non-hydrogen) atoms. The number of amides is 1. The highest BCUT2D eigenvalue weighted by Gasteiger charge is 2.63. The maximum absolute atomic E-state index is 13.2. The molecule has 2 aromatic heterocycles. The first-order valence-electron chi connectivity index (χ1n) is 13.5. The molecule has 200 valence electrons. The second-order valence-electron chi connectivity index (χ2n) is 12.0. The Bertz CT molecular complexity index is 1360. The van der Waals surface area contributed by atoms with E-state index in [4.69, 9.17) is 16.3 Å². The highest BCUT2D eigenvalue weighted by molar-refractivity contribution is 6.32. The van der Waals surface area contributed by atoms with Crippen LogP contribution in [0.2, 0.25) is 5.02 Å². The molecule has 4 atom stereocenters. The summed E-state index contributed by atoms with van der Waals surface area (Å²) >= 11 is 6.75. The van der Waals surface area contributed by atoms with Gasteiger partial charge in [0, 0.05) is 34.4 Å². The van der Waals surface area contributed by atoms with Crippen molar-refractivity contribution in [2.24, 2.45) is 11.3 Å². The molecule has 3 aliphatic rings. The zero-order valence-corrected chi connectivity index (χ0v) is 22.9. The van der Waals surface area contributed by atoms with E-state index in [2.05, 4.69) is 47.0 Å². The number of piperidine rings is 1. The molecule has 6 rings (SSSR count). The summed E-state index contributed by atoms with van der Waals surface area (Å²) in [6, 6.07) is 11.9. The van der Waals surface area contributed by atoms with Crippen molar-refractivity contribution < 1.29 is 14.6 Å². The lowest BCUT2D eigenvalue weighted by Gasteiger charge is -2.43. The Kier molecular flexibility index (Phi) is 6.46. The number of pyridine rings is 2. The number of hydrogen-bond donors (Lipinski definition) is 2. The summed E-state index contributed by atoms with van der Waals surface area (Å²) in [5.41, 5.74) is 1.62. The minimum absolute atomic E-state index is 0.0226. The van der Waals surface area contributed by atoms with Crippen LogP contribution in [0.3, 0.4) is 0 Å². The predicted octanol–water partition coefficient (Wildman–Crippen LogP) is 4.99. The number of aromatic nitrogens is 2. The van der Waals surface area contributed by atoms with E-state index in [9.17, 15) is 9.90 Å². The third-order valence-corrected chi connectivity index (χ3v) is 9.58. The maximum Gasteiger partial charge on any atom is 0.229 e. The van der Waals surface area contributed by atoms with Gasteiger partial charge in [-0.1, -0.05) is 31.5 Å². The van der Waals surface area contributed by atoms with Gasteiger partial charge < -0.3 is 15.2 Å². The van der Waals surface area contributed by atoms with Gasteiger partial charge in [0.2, 0.25) is 5.91 Å². The Balaban J connectivity index is 1.17. The van der Waals surface area contributed by atoms with Crippen LogP contribution >= 0.6 is 11.6 Å². The molecule has 3 fully saturated rings. The second kappa shape index (κ2) is 9.56. The van der Waals surface area contributed by atoms with Crippen molar-refractivity contribution in [1.29, 1.82) is 0 Å². The summed E-state index contributed by atoms with van der Waals surface area (Å²) in [4.78, 5) is 24.6. The van der Waals surface area contributed by atoms with Gasteiger partial charge in [-0.05, 0) is 85.5 Å². The number of rotatable bonds is 5. The van der Waals surface area contributed by atoms with E-state index in [0.29, 0.717) is 24.9 Å². The average Bonchev–Trinajstić information content (AvgIpc) is 3.34. The van der Waals surface area contributed by atoms with Gasteiger partial charge >= 0.3 is 0 Å². The first kappa shape index (κ1) is 25.7. The van der Waals surface area contributed by atoms with Gasteiger partial charge in [0.15, 0.2) is 0 Å². The molecular formula is C30H35ClN4O3. The lowest BCUT2D eigenvalue weighted by molar-refractivity contribution is -0.118. The molecule has 3 aromatic rings. The molecule has 2 aliphatic heterocycles. The molecule has 7 nitrogen and oxygen atoms in total. The van der Waals surface area contributed by atoms with Gasteiger partial charge in [0.1, 0.15) is 5.82 Å². The Morgan fingerprint density at radius 2 is 1.92 bits per heavy atom. The lowest BCUT2D eigenvalue weighted by Crippen LogP contribution is -2.56. The third kappa shape index (κ3) is 4.39. The third-order valence-electron chi connectivity index (χ3n) is 9.25. The zero-order valence-electron chi connectivity index (χ0n) is 22.2. The van der Waals surface area contributed by atoms with Gasteiger partial charge in [0.05, 0.1) is 30.8 Å². The van der Waals surface area contributed by atoms with Gasteiger partial charge in [0.25, 0.3) is 0 Å². The number of ether oxygens (including phenoxy) is 1. The van der Waals surface area contributed by atoms with E-state index < -0.39 is 6.10 Å². The standard InChI is InChI=1S/C30H35ClN4O3/c1-29(2)26(23-6-4-5-9-32-23)27(29)28(37)34-25-14-19-12-21(22(31)13-20(19)15-33-25)18-7-10-35(11-8-18)30(3)17-38-16-24(30)36/h4-6,9,12-15,18,24,26-27,36H,7-8,10-11,16-17H2,1-3H3,(H,33,34,37)/t24-,26-,27+,30+/m1/s1. The van der Waals surface area contributed by atoms with Crippen molar-refractivity contribution in [3.63, 3.8) is 0 Å². The Hall–Kier alpha value is -2.58. The van der Waals surface area contributed by atoms with Crippen LogP contribution in [0.4, 0.5) is 5.82 Å². The van der Waals surface area contributed by atoms with E-state index in [0.717, 1.165) is 53.0 Å². The summed E-state index contributed by atoms with van der Waals surface area (Å²) in [5, 5.41) is 16.2. The fourth-order valence-electron chi connectivity index (χ4n) is 6.66. The summed E-state index contributed by atoms with van der Waals surface area (Å²) in [6.45, 7) is 9.08. The quantitative estimate of drug-likeness (QED) is 0.479. The number of aliphatic hydroxyl groups is 1. The number of hydrogen-bond acceptors (Lipinski definition) is 6. The summed E-state index contributed by atoms with van der Waals surface area (Å²) in [5.74, 6) is 0.816. The van der Waals surface area contributed by atoms with Crippen LogP contribution in [0, 0.1) is 11.3 Å². The minimum atomic E-state index is -0.454. The van der Waals surface area contributed by atoms with Crippen LogP contribution in [0.15, 0.2) is 48.8 Å². The largest absolute Gasteiger partial charge is 0.389 e. The molecule has 8 heteroatoms. The van der Waals surface area contributed by atoms with Crippen LogP contribution in [0.1, 0.15) is 56.7 Å². The van der Waals surface area contributed by atoms with Gasteiger partial charge in [-0.15, -0.1) is 0 Å². The molecular weight excluding hydrogens is 500 g/mol. The fraction of sp³-hybridized carbons (Fsp3) is 0.500. The molecule has 0 spiro atoms. The second-order valence-corrected chi connectivity index (χ2v) is 12.4. The Morgan fingerprint density at radius 3 is 2.61 bits per heavy atom. The zero-order chi connectivity index (χ0) is 26.7. The Labute approximate surface area is 228 Å². The molecule has 0 unspecified atom stereocenters. The fourth-order valence-corrected chi connectivity index (χ4v) is 6.99. The monoisotopic (exact) mass is 534 g/mol. The number of fused-ring (bicyclic) bond motifs is 1. The number of carbonyl (C=O) groups is 1. The van der Waals surface area contributed by atoms with E-state index >= 15 is 0 Å². The molecule has 2 N–H and O–H groups in total. The number of benzene rings is 1.